The normalized spacial score (nSPS) is 16.8. The van der Waals surface area contributed by atoms with E-state index in [1.807, 2.05) is 0 Å². The average molecular weight is 406 g/mol. The lowest BCUT2D eigenvalue weighted by Gasteiger charge is -2.20. The molecule has 0 amide bonds. The van der Waals surface area contributed by atoms with Crippen LogP contribution < -0.4 is 10.6 Å². The van der Waals surface area contributed by atoms with Crippen LogP contribution in [-0.2, 0) is 18.4 Å². The number of nitrogens with zero attached hydrogens (tertiary/aromatic N) is 7. The van der Waals surface area contributed by atoms with Gasteiger partial charge in [-0.1, -0.05) is 0 Å². The van der Waals surface area contributed by atoms with Crippen molar-refractivity contribution in [2.45, 2.75) is 51.1 Å². The summed E-state index contributed by atoms with van der Waals surface area (Å²) >= 11 is 0. The van der Waals surface area contributed by atoms with Crippen molar-refractivity contribution in [3.63, 3.8) is 0 Å². The summed E-state index contributed by atoms with van der Waals surface area (Å²) in [5, 5.41) is 18.3. The second-order valence-corrected chi connectivity index (χ2v) is 7.59. The molecule has 3 aromatic rings. The maximum atomic E-state index is 14.0. The fraction of sp³-hybridized carbons (Fsp3) is 0.500. The van der Waals surface area contributed by atoms with Gasteiger partial charge in [-0.15, -0.1) is 0 Å². The summed E-state index contributed by atoms with van der Waals surface area (Å²) in [7, 11) is 0. The van der Waals surface area contributed by atoms with Gasteiger partial charge in [0.1, 0.15) is 17.2 Å². The Kier molecular flexibility index (Phi) is 3.67. The van der Waals surface area contributed by atoms with E-state index in [4.69, 9.17) is 4.11 Å². The van der Waals surface area contributed by atoms with Crippen LogP contribution in [0.25, 0.3) is 0 Å². The Bertz CT molecular complexity index is 1100. The number of rotatable bonds is 7. The van der Waals surface area contributed by atoms with Crippen molar-refractivity contribution in [3.8, 4) is 0 Å². The lowest BCUT2D eigenvalue weighted by atomic mass is 10.0. The highest BCUT2D eigenvalue weighted by Gasteiger charge is 2.33. The molecular formula is C18H23F2N9. The minimum atomic E-state index is -3.13. The topological polar surface area (TPSA) is 98.4 Å². The minimum absolute atomic E-state index is 0.0127. The van der Waals surface area contributed by atoms with Gasteiger partial charge in [0.15, 0.2) is 0 Å². The quantitative estimate of drug-likeness (QED) is 0.622. The highest BCUT2D eigenvalue weighted by atomic mass is 19.3. The number of anilines is 3. The fourth-order valence-electron chi connectivity index (χ4n) is 2.78. The predicted molar refractivity (Wildman–Crippen MR) is 103 cm³/mol. The summed E-state index contributed by atoms with van der Waals surface area (Å²) in [6.45, 7) is 1.74. The number of nitrogens with one attached hydrogen (secondary N) is 2. The van der Waals surface area contributed by atoms with E-state index in [-0.39, 0.29) is 29.2 Å². The van der Waals surface area contributed by atoms with Gasteiger partial charge < -0.3 is 10.6 Å². The van der Waals surface area contributed by atoms with Crippen molar-refractivity contribution >= 4 is 17.6 Å². The van der Waals surface area contributed by atoms with Crippen LogP contribution in [0.1, 0.15) is 49.0 Å². The van der Waals surface area contributed by atoms with Crippen LogP contribution in [0.2, 0.25) is 0 Å². The molecule has 154 valence electrons. The molecule has 2 N–H and O–H groups in total. The van der Waals surface area contributed by atoms with E-state index < -0.39 is 18.4 Å². The summed E-state index contributed by atoms with van der Waals surface area (Å²) in [5.74, 6) is -3.08. The molecule has 0 unspecified atom stereocenters. The third-order valence-electron chi connectivity index (χ3n) is 4.67. The van der Waals surface area contributed by atoms with Crippen LogP contribution in [-0.4, -0.2) is 40.8 Å². The van der Waals surface area contributed by atoms with E-state index in [0.717, 1.165) is 30.6 Å². The molecule has 0 aromatic carbocycles. The Balaban J connectivity index is 1.71. The van der Waals surface area contributed by atoms with Gasteiger partial charge in [-0.3, -0.25) is 4.68 Å². The third-order valence-corrected chi connectivity index (χ3v) is 4.67. The Morgan fingerprint density at radius 1 is 1.21 bits per heavy atom. The average Bonchev–Trinajstić information content (AvgIpc) is 3.16. The van der Waals surface area contributed by atoms with Crippen LogP contribution in [0, 0.1) is 0 Å². The molecule has 1 aliphatic carbocycles. The molecule has 11 heteroatoms. The molecule has 9 nitrogen and oxygen atoms in total. The standard InChI is InChI=1S/C18H23F2N9/c1-17(2,29-22-7-8-23-29)13-9-14(28(4)27-13)25-16-21-10-12(18(3,19)20)15(26-16)24-11-5-6-11/h7-11H,5-6H2,1-4H3,(H2,21,24,25,26)/i4D3. The molecule has 1 saturated carbocycles. The maximum absolute atomic E-state index is 14.0. The van der Waals surface area contributed by atoms with Gasteiger partial charge in [-0.2, -0.15) is 25.1 Å². The lowest BCUT2D eigenvalue weighted by molar-refractivity contribution is 0.0176. The number of aromatic nitrogens is 7. The van der Waals surface area contributed by atoms with Crippen LogP contribution in [0.15, 0.2) is 24.7 Å². The molecule has 0 bridgehead atoms. The first-order valence-corrected chi connectivity index (χ1v) is 9.12. The minimum Gasteiger partial charge on any atom is -0.367 e. The van der Waals surface area contributed by atoms with Crippen molar-refractivity contribution in [3.05, 3.63) is 35.9 Å². The zero-order valence-corrected chi connectivity index (χ0v) is 16.2. The van der Waals surface area contributed by atoms with Gasteiger partial charge in [-0.25, -0.2) is 13.8 Å². The van der Waals surface area contributed by atoms with Gasteiger partial charge in [0.25, 0.3) is 5.92 Å². The van der Waals surface area contributed by atoms with E-state index in [1.165, 1.54) is 23.3 Å². The Labute approximate surface area is 170 Å². The largest absolute Gasteiger partial charge is 0.367 e. The van der Waals surface area contributed by atoms with E-state index in [9.17, 15) is 8.78 Å². The molecule has 1 fully saturated rings. The molecule has 0 saturated heterocycles. The molecule has 0 spiro atoms. The summed E-state index contributed by atoms with van der Waals surface area (Å²) in [5.41, 5.74) is -0.810. The second kappa shape index (κ2) is 6.75. The summed E-state index contributed by atoms with van der Waals surface area (Å²) in [6.07, 6.45) is 5.79. The van der Waals surface area contributed by atoms with E-state index in [1.54, 1.807) is 13.8 Å². The first-order chi connectivity index (χ1) is 14.9. The molecule has 0 radical (unpaired) electrons. The molecule has 1 aliphatic rings. The van der Waals surface area contributed by atoms with Crippen LogP contribution >= 0.6 is 0 Å². The fourth-order valence-corrected chi connectivity index (χ4v) is 2.78. The Hall–Kier alpha value is -3.11. The highest BCUT2D eigenvalue weighted by Crippen LogP contribution is 2.35. The molecular weight excluding hydrogens is 380 g/mol. The van der Waals surface area contributed by atoms with Gasteiger partial charge in [0, 0.05) is 36.3 Å². The van der Waals surface area contributed by atoms with Crippen molar-refractivity contribution in [2.24, 2.45) is 6.98 Å². The zero-order chi connectivity index (χ0) is 23.3. The van der Waals surface area contributed by atoms with E-state index in [2.05, 4.69) is 35.9 Å². The number of hydrogen-bond acceptors (Lipinski definition) is 7. The number of alkyl halides is 2. The smallest absolute Gasteiger partial charge is 0.275 e. The number of aryl methyl sites for hydroxylation is 1. The van der Waals surface area contributed by atoms with Gasteiger partial charge in [0.05, 0.1) is 23.7 Å². The summed E-state index contributed by atoms with van der Waals surface area (Å²) in [6, 6.07) is 1.61. The van der Waals surface area contributed by atoms with Crippen molar-refractivity contribution in [1.82, 2.24) is 34.7 Å². The highest BCUT2D eigenvalue weighted by molar-refractivity contribution is 5.55. The summed E-state index contributed by atoms with van der Waals surface area (Å²) < 4.78 is 52.3. The van der Waals surface area contributed by atoms with Crippen LogP contribution in [0.3, 0.4) is 0 Å². The monoisotopic (exact) mass is 406 g/mol. The molecule has 3 aromatic heterocycles. The van der Waals surface area contributed by atoms with Crippen molar-refractivity contribution in [1.29, 1.82) is 0 Å². The second-order valence-electron chi connectivity index (χ2n) is 7.59. The zero-order valence-electron chi connectivity index (χ0n) is 19.2. The molecule has 0 aliphatic heterocycles. The molecule has 0 atom stereocenters. The molecule has 3 heterocycles. The van der Waals surface area contributed by atoms with Gasteiger partial charge >= 0.3 is 0 Å². The Morgan fingerprint density at radius 3 is 2.55 bits per heavy atom. The Morgan fingerprint density at radius 2 is 1.93 bits per heavy atom. The first kappa shape index (κ1) is 15.8. The molecule has 29 heavy (non-hydrogen) atoms. The third kappa shape index (κ3) is 3.89. The van der Waals surface area contributed by atoms with Crippen LogP contribution in [0.5, 0.6) is 0 Å². The van der Waals surface area contributed by atoms with Crippen molar-refractivity contribution < 1.29 is 12.9 Å². The van der Waals surface area contributed by atoms with E-state index in [0.29, 0.717) is 5.69 Å². The van der Waals surface area contributed by atoms with Gasteiger partial charge in [0.2, 0.25) is 5.95 Å². The number of halogens is 2. The predicted octanol–water partition coefficient (Wildman–Crippen LogP) is 3.01. The first-order valence-electron chi connectivity index (χ1n) is 10.6. The van der Waals surface area contributed by atoms with E-state index >= 15 is 0 Å². The van der Waals surface area contributed by atoms with Gasteiger partial charge in [-0.05, 0) is 26.7 Å². The SMILES string of the molecule is [2H]C([2H])([2H])n1nc(C(C)(C)n2nccn2)cc1Nc1ncc(C(C)(F)F)c(NC2CC2)n1. The summed E-state index contributed by atoms with van der Waals surface area (Å²) in [4.78, 5) is 9.58. The lowest BCUT2D eigenvalue weighted by Crippen LogP contribution is -2.30. The molecule has 4 rings (SSSR count). The maximum Gasteiger partial charge on any atom is 0.275 e. The van der Waals surface area contributed by atoms with Crippen molar-refractivity contribution in [2.75, 3.05) is 10.6 Å². The van der Waals surface area contributed by atoms with Crippen LogP contribution in [0.4, 0.5) is 26.4 Å². The number of hydrogen-bond donors (Lipinski definition) is 2.